The summed E-state index contributed by atoms with van der Waals surface area (Å²) in [6.45, 7) is 4.46. The molecule has 1 aromatic carbocycles. The standard InChI is InChI=1S/C16H21NO3/c1-11-8-14(11)15(18)17(9-12(2)16(19)20)10-13-6-4-3-5-7-13/h3-7,11-12,14H,8-10H2,1-2H3,(H,19,20). The highest BCUT2D eigenvalue weighted by Gasteiger charge is 2.41. The molecule has 3 unspecified atom stereocenters. The van der Waals surface area contributed by atoms with E-state index in [0.29, 0.717) is 12.5 Å². The maximum atomic E-state index is 12.4. The Morgan fingerprint density at radius 1 is 1.35 bits per heavy atom. The van der Waals surface area contributed by atoms with Gasteiger partial charge in [0, 0.05) is 19.0 Å². The number of carbonyl (C=O) groups is 2. The van der Waals surface area contributed by atoms with E-state index in [-0.39, 0.29) is 18.4 Å². The highest BCUT2D eigenvalue weighted by Crippen LogP contribution is 2.39. The zero-order chi connectivity index (χ0) is 14.7. The molecule has 20 heavy (non-hydrogen) atoms. The van der Waals surface area contributed by atoms with E-state index in [1.54, 1.807) is 11.8 Å². The van der Waals surface area contributed by atoms with Crippen LogP contribution in [0.4, 0.5) is 0 Å². The Labute approximate surface area is 119 Å². The fraction of sp³-hybridized carbons (Fsp3) is 0.500. The van der Waals surface area contributed by atoms with Gasteiger partial charge >= 0.3 is 5.97 Å². The zero-order valence-electron chi connectivity index (χ0n) is 12.0. The van der Waals surface area contributed by atoms with Gasteiger partial charge in [-0.05, 0) is 17.9 Å². The number of aliphatic carboxylic acids is 1. The van der Waals surface area contributed by atoms with Crippen molar-refractivity contribution in [1.82, 2.24) is 4.90 Å². The summed E-state index contributed by atoms with van der Waals surface area (Å²) in [6, 6.07) is 9.71. The van der Waals surface area contributed by atoms with Crippen molar-refractivity contribution >= 4 is 11.9 Å². The molecule has 1 aliphatic rings. The van der Waals surface area contributed by atoms with Gasteiger partial charge in [0.25, 0.3) is 0 Å². The summed E-state index contributed by atoms with van der Waals surface area (Å²) >= 11 is 0. The van der Waals surface area contributed by atoms with Gasteiger partial charge in [-0.2, -0.15) is 0 Å². The molecule has 1 aliphatic carbocycles. The lowest BCUT2D eigenvalue weighted by Crippen LogP contribution is -2.37. The average molecular weight is 275 g/mol. The van der Waals surface area contributed by atoms with Gasteiger partial charge in [0.2, 0.25) is 5.91 Å². The molecule has 0 aromatic heterocycles. The summed E-state index contributed by atoms with van der Waals surface area (Å²) < 4.78 is 0. The Balaban J connectivity index is 2.07. The second-order valence-corrected chi connectivity index (χ2v) is 5.76. The number of carboxylic acid groups (broad SMARTS) is 1. The maximum absolute atomic E-state index is 12.4. The monoisotopic (exact) mass is 275 g/mol. The molecule has 1 saturated carbocycles. The largest absolute Gasteiger partial charge is 0.481 e. The Hall–Kier alpha value is -1.84. The number of hydrogen-bond acceptors (Lipinski definition) is 2. The second-order valence-electron chi connectivity index (χ2n) is 5.76. The van der Waals surface area contributed by atoms with Gasteiger partial charge in [0.05, 0.1) is 5.92 Å². The summed E-state index contributed by atoms with van der Waals surface area (Å²) in [5.41, 5.74) is 1.03. The summed E-state index contributed by atoms with van der Waals surface area (Å²) in [7, 11) is 0. The molecular weight excluding hydrogens is 254 g/mol. The predicted molar refractivity (Wildman–Crippen MR) is 75.9 cm³/mol. The van der Waals surface area contributed by atoms with Crippen molar-refractivity contribution in [1.29, 1.82) is 0 Å². The highest BCUT2D eigenvalue weighted by atomic mass is 16.4. The third-order valence-corrected chi connectivity index (χ3v) is 3.87. The van der Waals surface area contributed by atoms with Crippen molar-refractivity contribution < 1.29 is 14.7 Å². The molecule has 1 fully saturated rings. The molecule has 4 heteroatoms. The first-order chi connectivity index (χ1) is 9.49. The van der Waals surface area contributed by atoms with E-state index in [4.69, 9.17) is 5.11 Å². The fourth-order valence-corrected chi connectivity index (χ4v) is 2.35. The minimum atomic E-state index is -0.861. The fourth-order valence-electron chi connectivity index (χ4n) is 2.35. The van der Waals surface area contributed by atoms with Crippen LogP contribution in [0, 0.1) is 17.8 Å². The Kier molecular flexibility index (Phi) is 4.42. The van der Waals surface area contributed by atoms with E-state index in [0.717, 1.165) is 12.0 Å². The minimum absolute atomic E-state index is 0.0831. The first kappa shape index (κ1) is 14.6. The SMILES string of the molecule is CC(CN(Cc1ccccc1)C(=O)C1CC1C)C(=O)O. The lowest BCUT2D eigenvalue weighted by molar-refractivity contribution is -0.143. The van der Waals surface area contributed by atoms with Crippen molar-refractivity contribution in [2.45, 2.75) is 26.8 Å². The molecule has 0 aliphatic heterocycles. The number of benzene rings is 1. The van der Waals surface area contributed by atoms with Crippen molar-refractivity contribution in [3.8, 4) is 0 Å². The summed E-state index contributed by atoms with van der Waals surface area (Å²) in [5.74, 6) is -0.800. The summed E-state index contributed by atoms with van der Waals surface area (Å²) in [5, 5.41) is 9.05. The molecule has 1 N–H and O–H groups in total. The predicted octanol–water partition coefficient (Wildman–Crippen LogP) is 2.39. The lowest BCUT2D eigenvalue weighted by atomic mass is 10.1. The number of carboxylic acids is 1. The zero-order valence-corrected chi connectivity index (χ0v) is 12.0. The van der Waals surface area contributed by atoms with Crippen LogP contribution in [0.1, 0.15) is 25.8 Å². The molecule has 0 radical (unpaired) electrons. The minimum Gasteiger partial charge on any atom is -0.481 e. The molecule has 0 spiro atoms. The van der Waals surface area contributed by atoms with E-state index in [1.807, 2.05) is 30.3 Å². The van der Waals surface area contributed by atoms with Crippen LogP contribution in [0.2, 0.25) is 0 Å². The van der Waals surface area contributed by atoms with Gasteiger partial charge in [-0.1, -0.05) is 44.2 Å². The Bertz CT molecular complexity index is 486. The quantitative estimate of drug-likeness (QED) is 0.867. The molecule has 0 bridgehead atoms. The van der Waals surface area contributed by atoms with E-state index in [2.05, 4.69) is 6.92 Å². The summed E-state index contributed by atoms with van der Waals surface area (Å²) in [4.78, 5) is 25.1. The van der Waals surface area contributed by atoms with Gasteiger partial charge < -0.3 is 10.0 Å². The summed E-state index contributed by atoms with van der Waals surface area (Å²) in [6.07, 6.45) is 0.922. The average Bonchev–Trinajstić information content (AvgIpc) is 3.15. The first-order valence-electron chi connectivity index (χ1n) is 7.04. The molecule has 0 saturated heterocycles. The molecule has 0 heterocycles. The Morgan fingerprint density at radius 2 is 1.95 bits per heavy atom. The second kappa shape index (κ2) is 6.07. The van der Waals surface area contributed by atoms with E-state index in [1.165, 1.54) is 0 Å². The van der Waals surface area contributed by atoms with Crippen LogP contribution in [0.25, 0.3) is 0 Å². The van der Waals surface area contributed by atoms with Gasteiger partial charge in [0.15, 0.2) is 0 Å². The van der Waals surface area contributed by atoms with Crippen molar-refractivity contribution in [2.24, 2.45) is 17.8 Å². The van der Waals surface area contributed by atoms with Crippen LogP contribution in [-0.4, -0.2) is 28.4 Å². The molecule has 4 nitrogen and oxygen atoms in total. The maximum Gasteiger partial charge on any atom is 0.308 e. The number of amides is 1. The lowest BCUT2D eigenvalue weighted by Gasteiger charge is -2.25. The van der Waals surface area contributed by atoms with Crippen molar-refractivity contribution in [3.05, 3.63) is 35.9 Å². The molecular formula is C16H21NO3. The van der Waals surface area contributed by atoms with Crippen molar-refractivity contribution in [3.63, 3.8) is 0 Å². The van der Waals surface area contributed by atoms with Crippen LogP contribution >= 0.6 is 0 Å². The topological polar surface area (TPSA) is 57.6 Å². The van der Waals surface area contributed by atoms with Crippen LogP contribution in [0.3, 0.4) is 0 Å². The van der Waals surface area contributed by atoms with E-state index in [9.17, 15) is 9.59 Å². The van der Waals surface area contributed by atoms with Crippen LogP contribution in [-0.2, 0) is 16.1 Å². The molecule has 2 rings (SSSR count). The number of rotatable bonds is 6. The Morgan fingerprint density at radius 3 is 2.45 bits per heavy atom. The van der Waals surface area contributed by atoms with E-state index >= 15 is 0 Å². The first-order valence-corrected chi connectivity index (χ1v) is 7.04. The third kappa shape index (κ3) is 3.59. The third-order valence-electron chi connectivity index (χ3n) is 3.87. The number of nitrogens with zero attached hydrogens (tertiary/aromatic N) is 1. The highest BCUT2D eigenvalue weighted by molar-refractivity contribution is 5.82. The van der Waals surface area contributed by atoms with Crippen molar-refractivity contribution in [2.75, 3.05) is 6.54 Å². The van der Waals surface area contributed by atoms with Crippen LogP contribution in [0.15, 0.2) is 30.3 Å². The molecule has 1 amide bonds. The van der Waals surface area contributed by atoms with Gasteiger partial charge in [-0.25, -0.2) is 0 Å². The van der Waals surface area contributed by atoms with Crippen LogP contribution in [0.5, 0.6) is 0 Å². The number of hydrogen-bond donors (Lipinski definition) is 1. The van der Waals surface area contributed by atoms with E-state index < -0.39 is 11.9 Å². The van der Waals surface area contributed by atoms with Crippen LogP contribution < -0.4 is 0 Å². The van der Waals surface area contributed by atoms with Gasteiger partial charge in [-0.3, -0.25) is 9.59 Å². The number of carbonyl (C=O) groups excluding carboxylic acids is 1. The molecule has 1 aromatic rings. The van der Waals surface area contributed by atoms with Gasteiger partial charge in [-0.15, -0.1) is 0 Å². The smallest absolute Gasteiger partial charge is 0.308 e. The normalized spacial score (nSPS) is 22.1. The molecule has 3 atom stereocenters. The van der Waals surface area contributed by atoms with Gasteiger partial charge in [0.1, 0.15) is 0 Å². The molecule has 108 valence electrons.